The Hall–Kier alpha value is -2.29. The number of hydrogen-bond donors (Lipinski definition) is 2. The van der Waals surface area contributed by atoms with Crippen LogP contribution in [0.25, 0.3) is 0 Å². The average Bonchev–Trinajstić information content (AvgIpc) is 3.05. The van der Waals surface area contributed by atoms with Crippen molar-refractivity contribution in [2.24, 2.45) is 10.1 Å². The number of carbonyl (C=O) groups is 1. The Morgan fingerprint density at radius 1 is 1.26 bits per heavy atom. The van der Waals surface area contributed by atoms with Gasteiger partial charge < -0.3 is 5.32 Å². The third-order valence-corrected chi connectivity index (χ3v) is 4.15. The molecule has 0 radical (unpaired) electrons. The Morgan fingerprint density at radius 3 is 2.91 bits per heavy atom. The number of benzene rings is 1. The molecule has 7 nitrogen and oxygen atoms in total. The summed E-state index contributed by atoms with van der Waals surface area (Å²) in [5, 5.41) is 15.7. The van der Waals surface area contributed by atoms with E-state index in [1.165, 1.54) is 17.6 Å². The van der Waals surface area contributed by atoms with Gasteiger partial charge in [-0.05, 0) is 18.2 Å². The van der Waals surface area contributed by atoms with Gasteiger partial charge in [-0.15, -0.1) is 10.2 Å². The number of nitrogens with zero attached hydrogens (tertiary/aromatic N) is 4. The fourth-order valence-electron chi connectivity index (χ4n) is 1.71. The van der Waals surface area contributed by atoms with Gasteiger partial charge in [0.1, 0.15) is 5.51 Å². The lowest BCUT2D eigenvalue weighted by Gasteiger charge is -2.14. The van der Waals surface area contributed by atoms with Gasteiger partial charge >= 0.3 is 0 Å². The maximum Gasteiger partial charge on any atom is 0.299 e. The summed E-state index contributed by atoms with van der Waals surface area (Å²) < 4.78 is 0. The van der Waals surface area contributed by atoms with Crippen molar-refractivity contribution in [2.45, 2.75) is 0 Å². The lowest BCUT2D eigenvalue weighted by molar-refractivity contribution is -0.111. The zero-order chi connectivity index (χ0) is 16.2. The molecular formula is C13H8Cl2N6OS. The second-order valence-electron chi connectivity index (χ2n) is 4.21. The molecule has 0 unspecified atom stereocenters. The smallest absolute Gasteiger partial charge is 0.299 e. The summed E-state index contributed by atoms with van der Waals surface area (Å²) in [6.45, 7) is 0. The van der Waals surface area contributed by atoms with Crippen LogP contribution in [-0.2, 0) is 4.79 Å². The minimum absolute atomic E-state index is 0.0961. The predicted molar refractivity (Wildman–Crippen MR) is 92.6 cm³/mol. The number of rotatable bonds is 4. The quantitative estimate of drug-likeness (QED) is 0.810. The summed E-state index contributed by atoms with van der Waals surface area (Å²) in [6.07, 6.45) is 2.99. The number of nitrogens with one attached hydrogen (secondary N) is 2. The largest absolute Gasteiger partial charge is 0.352 e. The molecule has 0 saturated heterocycles. The first-order valence-electron chi connectivity index (χ1n) is 6.25. The third-order valence-electron chi connectivity index (χ3n) is 2.74. The normalized spacial score (nSPS) is 15.7. The van der Waals surface area contributed by atoms with E-state index in [2.05, 4.69) is 31.0 Å². The Bertz CT molecular complexity index is 831. The molecule has 0 aliphatic carbocycles. The zero-order valence-corrected chi connectivity index (χ0v) is 13.7. The number of amides is 1. The molecule has 1 amide bonds. The summed E-state index contributed by atoms with van der Waals surface area (Å²) in [6, 6.07) is 5.15. The Kier molecular flexibility index (Phi) is 4.65. The lowest BCUT2D eigenvalue weighted by atomic mass is 10.2. The van der Waals surface area contributed by atoms with Crippen molar-refractivity contribution in [3.8, 4) is 0 Å². The van der Waals surface area contributed by atoms with E-state index in [-0.39, 0.29) is 5.71 Å². The standard InChI is InChI=1S/C13H8Cl2N6OS/c14-7-2-1-3-8(10(7)15)18-9-4-5-16-12(22)11(9)19-21-13-20-17-6-23-13/h1-6,18H,(H,20,21). The monoisotopic (exact) mass is 366 g/mol. The van der Waals surface area contributed by atoms with E-state index in [0.717, 1.165) is 0 Å². The van der Waals surface area contributed by atoms with Crippen LogP contribution in [0, 0.1) is 0 Å². The van der Waals surface area contributed by atoms with Crippen LogP contribution in [-0.4, -0.2) is 28.0 Å². The van der Waals surface area contributed by atoms with Gasteiger partial charge in [0.05, 0.1) is 21.4 Å². The summed E-state index contributed by atoms with van der Waals surface area (Å²) in [7, 11) is 0. The molecule has 116 valence electrons. The van der Waals surface area contributed by atoms with Gasteiger partial charge in [-0.2, -0.15) is 5.10 Å². The van der Waals surface area contributed by atoms with Crippen LogP contribution in [0.2, 0.25) is 10.0 Å². The van der Waals surface area contributed by atoms with Gasteiger partial charge in [0.2, 0.25) is 5.13 Å². The fourth-order valence-corrected chi connectivity index (χ4v) is 2.45. The van der Waals surface area contributed by atoms with Gasteiger partial charge in [-0.25, -0.2) is 4.99 Å². The number of halogens is 2. The Morgan fingerprint density at radius 2 is 2.13 bits per heavy atom. The maximum atomic E-state index is 12.0. The molecule has 0 spiro atoms. The second kappa shape index (κ2) is 6.86. The molecule has 1 aliphatic heterocycles. The molecule has 10 heteroatoms. The van der Waals surface area contributed by atoms with Crippen molar-refractivity contribution in [3.63, 3.8) is 0 Å². The van der Waals surface area contributed by atoms with Gasteiger partial charge in [0, 0.05) is 6.21 Å². The number of allylic oxidation sites excluding steroid dienone is 1. The van der Waals surface area contributed by atoms with Crippen LogP contribution in [0.1, 0.15) is 0 Å². The molecular weight excluding hydrogens is 359 g/mol. The van der Waals surface area contributed by atoms with Gasteiger partial charge in [0.25, 0.3) is 5.91 Å². The van der Waals surface area contributed by atoms with Crippen LogP contribution in [0.3, 0.4) is 0 Å². The third kappa shape index (κ3) is 3.55. The SMILES string of the molecule is O=C1N=CC=C(Nc2cccc(Cl)c2Cl)C1=NNc1nncs1. The molecule has 0 saturated carbocycles. The highest BCUT2D eigenvalue weighted by Gasteiger charge is 2.20. The second-order valence-corrected chi connectivity index (χ2v) is 5.82. The average molecular weight is 367 g/mol. The van der Waals surface area contributed by atoms with Crippen molar-refractivity contribution in [1.82, 2.24) is 10.2 Å². The first kappa shape index (κ1) is 15.6. The number of aromatic nitrogens is 2. The van der Waals surface area contributed by atoms with Crippen molar-refractivity contribution < 1.29 is 4.79 Å². The summed E-state index contributed by atoms with van der Waals surface area (Å²) in [5.74, 6) is -0.495. The number of hydrogen-bond acceptors (Lipinski definition) is 7. The molecule has 0 atom stereocenters. The highest BCUT2D eigenvalue weighted by molar-refractivity contribution is 7.13. The van der Waals surface area contributed by atoms with Crippen LogP contribution >= 0.6 is 34.5 Å². The molecule has 23 heavy (non-hydrogen) atoms. The highest BCUT2D eigenvalue weighted by Crippen LogP contribution is 2.30. The first-order chi connectivity index (χ1) is 11.1. The zero-order valence-electron chi connectivity index (χ0n) is 11.3. The molecule has 2 N–H and O–H groups in total. The Labute approximate surface area is 144 Å². The topological polar surface area (TPSA) is 91.6 Å². The van der Waals surface area contributed by atoms with Crippen LogP contribution in [0.4, 0.5) is 10.8 Å². The highest BCUT2D eigenvalue weighted by atomic mass is 35.5. The van der Waals surface area contributed by atoms with E-state index in [1.807, 2.05) is 0 Å². The van der Waals surface area contributed by atoms with Crippen molar-refractivity contribution >= 4 is 63.2 Å². The maximum absolute atomic E-state index is 12.0. The van der Waals surface area contributed by atoms with E-state index in [4.69, 9.17) is 23.2 Å². The fraction of sp³-hybridized carbons (Fsp3) is 0. The van der Waals surface area contributed by atoms with Gasteiger partial charge in [-0.3, -0.25) is 10.2 Å². The van der Waals surface area contributed by atoms with Gasteiger partial charge in [-0.1, -0.05) is 40.6 Å². The molecule has 1 aromatic heterocycles. The number of aliphatic imine (C=N–C) groups is 1. The summed E-state index contributed by atoms with van der Waals surface area (Å²) >= 11 is 13.4. The van der Waals surface area contributed by atoms with E-state index < -0.39 is 5.91 Å². The van der Waals surface area contributed by atoms with Crippen LogP contribution in [0.15, 0.2) is 45.6 Å². The number of anilines is 2. The minimum Gasteiger partial charge on any atom is -0.352 e. The van der Waals surface area contributed by atoms with E-state index in [1.54, 1.807) is 29.8 Å². The van der Waals surface area contributed by atoms with Crippen LogP contribution in [0.5, 0.6) is 0 Å². The van der Waals surface area contributed by atoms with Crippen molar-refractivity contribution in [3.05, 3.63) is 45.5 Å². The number of hydrazone groups is 1. The lowest BCUT2D eigenvalue weighted by Crippen LogP contribution is -2.24. The van der Waals surface area contributed by atoms with Crippen molar-refractivity contribution in [1.29, 1.82) is 0 Å². The molecule has 3 rings (SSSR count). The molecule has 1 aliphatic rings. The summed E-state index contributed by atoms with van der Waals surface area (Å²) in [5.41, 5.74) is 5.30. The molecule has 2 heterocycles. The van der Waals surface area contributed by atoms with E-state index in [0.29, 0.717) is 26.6 Å². The Balaban J connectivity index is 1.87. The summed E-state index contributed by atoms with van der Waals surface area (Å²) in [4.78, 5) is 15.7. The van der Waals surface area contributed by atoms with E-state index in [9.17, 15) is 4.79 Å². The first-order valence-corrected chi connectivity index (χ1v) is 7.88. The molecule has 1 aromatic carbocycles. The van der Waals surface area contributed by atoms with Crippen molar-refractivity contribution in [2.75, 3.05) is 10.7 Å². The molecule has 0 bridgehead atoms. The number of carbonyl (C=O) groups excluding carboxylic acids is 1. The van der Waals surface area contributed by atoms with E-state index >= 15 is 0 Å². The number of dihydropyridines is 1. The minimum atomic E-state index is -0.495. The predicted octanol–water partition coefficient (Wildman–Crippen LogP) is 3.22. The molecule has 0 fully saturated rings. The van der Waals surface area contributed by atoms with Crippen LogP contribution < -0.4 is 10.7 Å². The molecule has 2 aromatic rings. The van der Waals surface area contributed by atoms with Gasteiger partial charge in [0.15, 0.2) is 5.71 Å².